The lowest BCUT2D eigenvalue weighted by Gasteiger charge is -2.32. The Balaban J connectivity index is 1.46. The maximum atomic E-state index is 12.8. The predicted molar refractivity (Wildman–Crippen MR) is 114 cm³/mol. The van der Waals surface area contributed by atoms with Crippen molar-refractivity contribution in [1.82, 2.24) is 15.5 Å². The van der Waals surface area contributed by atoms with Gasteiger partial charge in [-0.25, -0.2) is 0 Å². The van der Waals surface area contributed by atoms with Crippen LogP contribution in [0.4, 0.5) is 0 Å². The first-order chi connectivity index (χ1) is 14.5. The Hall–Kier alpha value is -3.06. The molecule has 2 N–H and O–H groups in total. The van der Waals surface area contributed by atoms with Gasteiger partial charge in [-0.2, -0.15) is 0 Å². The molecule has 3 rings (SSSR count). The molecule has 0 aliphatic carbocycles. The number of likely N-dealkylation sites (tertiary alicyclic amines) is 1. The number of carbonyl (C=O) groups is 3. The number of methoxy groups -OCH3 is 1. The van der Waals surface area contributed by atoms with Crippen LogP contribution >= 0.6 is 11.6 Å². The summed E-state index contributed by atoms with van der Waals surface area (Å²) >= 11 is 6.02. The van der Waals surface area contributed by atoms with E-state index in [0.717, 1.165) is 0 Å². The lowest BCUT2D eigenvalue weighted by molar-refractivity contribution is -0.121. The molecule has 0 atom stereocenters. The Morgan fingerprint density at radius 3 is 2.47 bits per heavy atom. The minimum atomic E-state index is -0.290. The smallest absolute Gasteiger partial charge is 0.257 e. The van der Waals surface area contributed by atoms with Crippen molar-refractivity contribution in [2.24, 2.45) is 0 Å². The number of nitrogens with one attached hydrogen (secondary N) is 2. The molecule has 2 aromatic carbocycles. The molecule has 0 saturated carbocycles. The van der Waals surface area contributed by atoms with Crippen molar-refractivity contribution in [1.29, 1.82) is 0 Å². The highest BCUT2D eigenvalue weighted by Gasteiger charge is 2.26. The van der Waals surface area contributed by atoms with Crippen molar-refractivity contribution in [3.05, 3.63) is 64.7 Å². The predicted octanol–water partition coefficient (Wildman–Crippen LogP) is 2.50. The highest BCUT2D eigenvalue weighted by atomic mass is 35.5. The first-order valence-electron chi connectivity index (χ1n) is 9.73. The van der Waals surface area contributed by atoms with Gasteiger partial charge in [-0.1, -0.05) is 29.8 Å². The highest BCUT2D eigenvalue weighted by Crippen LogP contribution is 2.25. The van der Waals surface area contributed by atoms with Crippen LogP contribution in [0.3, 0.4) is 0 Å². The van der Waals surface area contributed by atoms with E-state index in [4.69, 9.17) is 16.3 Å². The number of halogens is 1. The van der Waals surface area contributed by atoms with E-state index >= 15 is 0 Å². The second-order valence-electron chi connectivity index (χ2n) is 7.03. The second-order valence-corrected chi connectivity index (χ2v) is 7.46. The molecule has 1 saturated heterocycles. The van der Waals surface area contributed by atoms with Crippen LogP contribution in [0.2, 0.25) is 5.02 Å². The Morgan fingerprint density at radius 1 is 1.10 bits per heavy atom. The molecule has 1 heterocycles. The van der Waals surface area contributed by atoms with E-state index < -0.39 is 0 Å². The summed E-state index contributed by atoms with van der Waals surface area (Å²) in [6.07, 6.45) is 1.26. The molecule has 1 aliphatic rings. The number of nitrogens with zero attached hydrogens (tertiary/aromatic N) is 1. The topological polar surface area (TPSA) is 87.7 Å². The van der Waals surface area contributed by atoms with E-state index in [1.165, 1.54) is 7.11 Å². The number of ether oxygens (including phenoxy) is 1. The minimum absolute atomic E-state index is 0.0450. The van der Waals surface area contributed by atoms with Crippen LogP contribution < -0.4 is 15.4 Å². The minimum Gasteiger partial charge on any atom is -0.496 e. The second kappa shape index (κ2) is 10.1. The molecule has 158 valence electrons. The third-order valence-electron chi connectivity index (χ3n) is 4.98. The number of carbonyl (C=O) groups excluding carboxylic acids is 3. The summed E-state index contributed by atoms with van der Waals surface area (Å²) in [5.74, 6) is -0.203. The summed E-state index contributed by atoms with van der Waals surface area (Å²) in [4.78, 5) is 38.7. The van der Waals surface area contributed by atoms with Gasteiger partial charge < -0.3 is 20.3 Å². The molecule has 0 bridgehead atoms. The average molecular weight is 430 g/mol. The van der Waals surface area contributed by atoms with Gasteiger partial charge in [0, 0.05) is 29.7 Å². The van der Waals surface area contributed by atoms with E-state index in [1.807, 2.05) is 6.07 Å². The van der Waals surface area contributed by atoms with Crippen molar-refractivity contribution in [2.75, 3.05) is 26.7 Å². The summed E-state index contributed by atoms with van der Waals surface area (Å²) in [5, 5.41) is 6.00. The highest BCUT2D eigenvalue weighted by molar-refractivity contribution is 6.31. The maximum Gasteiger partial charge on any atom is 0.257 e. The lowest BCUT2D eigenvalue weighted by Crippen LogP contribution is -2.48. The molecule has 1 fully saturated rings. The van der Waals surface area contributed by atoms with E-state index in [0.29, 0.717) is 47.8 Å². The molecule has 30 heavy (non-hydrogen) atoms. The molecule has 0 radical (unpaired) electrons. The van der Waals surface area contributed by atoms with Crippen LogP contribution in [0.15, 0.2) is 48.5 Å². The molecule has 7 nitrogen and oxygen atoms in total. The van der Waals surface area contributed by atoms with E-state index in [2.05, 4.69) is 10.6 Å². The van der Waals surface area contributed by atoms with Gasteiger partial charge in [0.05, 0.1) is 19.2 Å². The standard InChI is InChI=1S/C22H24ClN3O4/c1-30-19-8-7-16(23)13-18(19)22(29)26-11-9-17(10-12-26)25-20(27)14-24-21(28)15-5-3-2-4-6-15/h2-8,13,17H,9-12,14H2,1H3,(H,24,28)(H,25,27). The fourth-order valence-electron chi connectivity index (χ4n) is 3.38. The van der Waals surface area contributed by atoms with E-state index in [-0.39, 0.29) is 30.3 Å². The summed E-state index contributed by atoms with van der Waals surface area (Å²) in [6.45, 7) is 0.929. The average Bonchev–Trinajstić information content (AvgIpc) is 2.78. The zero-order valence-electron chi connectivity index (χ0n) is 16.7. The first-order valence-corrected chi connectivity index (χ1v) is 10.1. The fourth-order valence-corrected chi connectivity index (χ4v) is 3.55. The normalized spacial score (nSPS) is 14.1. The Labute approximate surface area is 180 Å². The number of piperidine rings is 1. The largest absolute Gasteiger partial charge is 0.496 e. The van der Waals surface area contributed by atoms with Crippen LogP contribution in [0.1, 0.15) is 33.6 Å². The number of benzene rings is 2. The number of hydrogen-bond donors (Lipinski definition) is 2. The Kier molecular flexibility index (Phi) is 7.30. The number of rotatable bonds is 6. The van der Waals surface area contributed by atoms with Crippen LogP contribution in [-0.4, -0.2) is 55.4 Å². The molecule has 0 aromatic heterocycles. The quantitative estimate of drug-likeness (QED) is 0.738. The third kappa shape index (κ3) is 5.51. The van der Waals surface area contributed by atoms with Gasteiger partial charge in [-0.15, -0.1) is 0 Å². The van der Waals surface area contributed by atoms with Crippen LogP contribution in [-0.2, 0) is 4.79 Å². The van der Waals surface area contributed by atoms with Crippen molar-refractivity contribution in [3.63, 3.8) is 0 Å². The van der Waals surface area contributed by atoms with Gasteiger partial charge >= 0.3 is 0 Å². The number of hydrogen-bond acceptors (Lipinski definition) is 4. The molecule has 2 aromatic rings. The van der Waals surface area contributed by atoms with Gasteiger partial charge in [0.1, 0.15) is 5.75 Å². The zero-order valence-corrected chi connectivity index (χ0v) is 17.4. The molecule has 0 spiro atoms. The van der Waals surface area contributed by atoms with Gasteiger partial charge in [-0.05, 0) is 43.2 Å². The molecule has 1 aliphatic heterocycles. The fraction of sp³-hybridized carbons (Fsp3) is 0.318. The maximum absolute atomic E-state index is 12.8. The summed E-state index contributed by atoms with van der Waals surface area (Å²) in [6, 6.07) is 13.6. The molecule has 0 unspecified atom stereocenters. The summed E-state index contributed by atoms with van der Waals surface area (Å²) < 4.78 is 5.27. The van der Waals surface area contributed by atoms with Gasteiger partial charge in [0.2, 0.25) is 5.91 Å². The zero-order chi connectivity index (χ0) is 21.5. The monoisotopic (exact) mass is 429 g/mol. The van der Waals surface area contributed by atoms with Gasteiger partial charge in [0.15, 0.2) is 0 Å². The molecular weight excluding hydrogens is 406 g/mol. The van der Waals surface area contributed by atoms with Crippen LogP contribution in [0.5, 0.6) is 5.75 Å². The van der Waals surface area contributed by atoms with Gasteiger partial charge in [-0.3, -0.25) is 14.4 Å². The molecular formula is C22H24ClN3O4. The summed E-state index contributed by atoms with van der Waals surface area (Å²) in [7, 11) is 1.51. The SMILES string of the molecule is COc1ccc(Cl)cc1C(=O)N1CCC(NC(=O)CNC(=O)c2ccccc2)CC1. The Bertz CT molecular complexity index is 912. The van der Waals surface area contributed by atoms with E-state index in [1.54, 1.807) is 47.4 Å². The lowest BCUT2D eigenvalue weighted by atomic mass is 10.0. The Morgan fingerprint density at radius 2 is 1.80 bits per heavy atom. The summed E-state index contributed by atoms with van der Waals surface area (Å²) in [5.41, 5.74) is 0.935. The van der Waals surface area contributed by atoms with Crippen molar-refractivity contribution >= 4 is 29.3 Å². The molecule has 8 heteroatoms. The first kappa shape index (κ1) is 21.6. The van der Waals surface area contributed by atoms with Crippen molar-refractivity contribution in [3.8, 4) is 5.75 Å². The van der Waals surface area contributed by atoms with Crippen molar-refractivity contribution in [2.45, 2.75) is 18.9 Å². The van der Waals surface area contributed by atoms with Crippen LogP contribution in [0, 0.1) is 0 Å². The number of amides is 3. The van der Waals surface area contributed by atoms with Gasteiger partial charge in [0.25, 0.3) is 11.8 Å². The van der Waals surface area contributed by atoms with E-state index in [9.17, 15) is 14.4 Å². The third-order valence-corrected chi connectivity index (χ3v) is 5.22. The molecule has 3 amide bonds. The van der Waals surface area contributed by atoms with Crippen LogP contribution in [0.25, 0.3) is 0 Å². The van der Waals surface area contributed by atoms with Crippen molar-refractivity contribution < 1.29 is 19.1 Å².